The van der Waals surface area contributed by atoms with Crippen molar-refractivity contribution >= 4 is 17.2 Å². The SMILES string of the molecule is O[C@@H]1C[C@H]2CN(Cc3ccn4ncnc4c3)C[C@H]2C[C@H]1Oc1cccc(Cl)c1. The molecule has 3 heterocycles. The fraction of sp³-hybridized carbons (Fsp3) is 0.429. The average Bonchev–Trinajstić information content (AvgIpc) is 3.28. The van der Waals surface area contributed by atoms with Crippen molar-refractivity contribution in [3.05, 3.63) is 59.5 Å². The quantitative estimate of drug-likeness (QED) is 0.731. The molecule has 4 atom stereocenters. The number of aromatic nitrogens is 3. The van der Waals surface area contributed by atoms with Crippen molar-refractivity contribution in [2.45, 2.75) is 31.6 Å². The summed E-state index contributed by atoms with van der Waals surface area (Å²) in [4.78, 5) is 6.74. The number of aliphatic hydroxyl groups excluding tert-OH is 1. The van der Waals surface area contributed by atoms with Crippen LogP contribution in [0.2, 0.25) is 5.02 Å². The van der Waals surface area contributed by atoms with Gasteiger partial charge in [0.2, 0.25) is 0 Å². The molecule has 1 saturated heterocycles. The van der Waals surface area contributed by atoms with Crippen LogP contribution in [0, 0.1) is 11.8 Å². The van der Waals surface area contributed by atoms with Crippen LogP contribution in [0.3, 0.4) is 0 Å². The van der Waals surface area contributed by atoms with Crippen molar-refractivity contribution < 1.29 is 9.84 Å². The van der Waals surface area contributed by atoms with Crippen LogP contribution < -0.4 is 4.74 Å². The molecule has 5 rings (SSSR count). The van der Waals surface area contributed by atoms with Gasteiger partial charge in [0, 0.05) is 30.9 Å². The van der Waals surface area contributed by atoms with Gasteiger partial charge in [0.25, 0.3) is 0 Å². The van der Waals surface area contributed by atoms with E-state index in [9.17, 15) is 5.11 Å². The lowest BCUT2D eigenvalue weighted by molar-refractivity contribution is -0.0231. The van der Waals surface area contributed by atoms with Crippen LogP contribution in [0.1, 0.15) is 18.4 Å². The largest absolute Gasteiger partial charge is 0.488 e. The van der Waals surface area contributed by atoms with Gasteiger partial charge in [0.1, 0.15) is 18.2 Å². The van der Waals surface area contributed by atoms with Gasteiger partial charge in [-0.1, -0.05) is 17.7 Å². The Bertz CT molecular complexity index is 978. The van der Waals surface area contributed by atoms with Crippen LogP contribution in [-0.2, 0) is 6.54 Å². The Morgan fingerprint density at radius 2 is 2.00 bits per heavy atom. The number of benzene rings is 1. The summed E-state index contributed by atoms with van der Waals surface area (Å²) < 4.78 is 7.86. The van der Waals surface area contributed by atoms with Crippen LogP contribution in [0.25, 0.3) is 5.65 Å². The lowest BCUT2D eigenvalue weighted by atomic mass is 9.78. The Morgan fingerprint density at radius 3 is 2.86 bits per heavy atom. The first-order chi connectivity index (χ1) is 13.6. The van der Waals surface area contributed by atoms with Crippen LogP contribution in [0.5, 0.6) is 5.75 Å². The standard InChI is InChI=1S/C21H23ClN4O2/c22-17-2-1-3-18(9-17)28-20-8-16-12-25(11-15(16)7-19(20)27)10-14-4-5-26-21(6-14)23-13-24-26/h1-6,9,13,15-16,19-20,27H,7-8,10-12H2/t15-,16+,19+,20+/m0/s1. The van der Waals surface area contributed by atoms with Gasteiger partial charge < -0.3 is 9.84 Å². The molecule has 2 aliphatic rings. The number of hydrogen-bond acceptors (Lipinski definition) is 5. The van der Waals surface area contributed by atoms with Gasteiger partial charge in [0.15, 0.2) is 5.65 Å². The van der Waals surface area contributed by atoms with Crippen molar-refractivity contribution in [2.24, 2.45) is 11.8 Å². The van der Waals surface area contributed by atoms with Gasteiger partial charge in [-0.3, -0.25) is 4.90 Å². The van der Waals surface area contributed by atoms with Crippen LogP contribution in [0.4, 0.5) is 0 Å². The highest BCUT2D eigenvalue weighted by molar-refractivity contribution is 6.30. The Labute approximate surface area is 168 Å². The van der Waals surface area contributed by atoms with E-state index in [4.69, 9.17) is 16.3 Å². The minimum Gasteiger partial charge on any atom is -0.488 e. The second-order valence-corrected chi connectivity index (χ2v) is 8.40. The van der Waals surface area contributed by atoms with E-state index >= 15 is 0 Å². The number of halogens is 1. The zero-order valence-corrected chi connectivity index (χ0v) is 16.2. The highest BCUT2D eigenvalue weighted by Crippen LogP contribution is 2.38. The third-order valence-corrected chi connectivity index (χ3v) is 6.23. The molecule has 28 heavy (non-hydrogen) atoms. The molecular formula is C21H23ClN4O2. The average molecular weight is 399 g/mol. The number of fused-ring (bicyclic) bond motifs is 2. The maximum Gasteiger partial charge on any atom is 0.155 e. The highest BCUT2D eigenvalue weighted by Gasteiger charge is 2.42. The molecule has 1 aromatic carbocycles. The fourth-order valence-corrected chi connectivity index (χ4v) is 4.85. The van der Waals surface area contributed by atoms with E-state index in [2.05, 4.69) is 27.1 Å². The minimum atomic E-state index is -0.437. The smallest absolute Gasteiger partial charge is 0.155 e. The Morgan fingerprint density at radius 1 is 1.14 bits per heavy atom. The molecule has 1 N–H and O–H groups in total. The molecule has 1 aliphatic carbocycles. The van der Waals surface area contributed by atoms with Gasteiger partial charge in [-0.15, -0.1) is 0 Å². The first-order valence-corrected chi connectivity index (χ1v) is 10.1. The van der Waals surface area contributed by atoms with Crippen molar-refractivity contribution in [3.8, 4) is 5.75 Å². The second-order valence-electron chi connectivity index (χ2n) is 7.96. The number of hydrogen-bond donors (Lipinski definition) is 1. The van der Waals surface area contributed by atoms with Crippen LogP contribution in [-0.4, -0.2) is 49.9 Å². The molecule has 0 amide bonds. The zero-order valence-electron chi connectivity index (χ0n) is 15.5. The summed E-state index contributed by atoms with van der Waals surface area (Å²) in [6.07, 6.45) is 4.58. The number of aliphatic hydroxyl groups is 1. The molecule has 146 valence electrons. The summed E-state index contributed by atoms with van der Waals surface area (Å²) in [7, 11) is 0. The predicted molar refractivity (Wildman–Crippen MR) is 106 cm³/mol. The van der Waals surface area contributed by atoms with E-state index in [0.29, 0.717) is 16.9 Å². The number of nitrogens with zero attached hydrogens (tertiary/aromatic N) is 4. The second kappa shape index (κ2) is 7.35. The van der Waals surface area contributed by atoms with Crippen LogP contribution >= 0.6 is 11.6 Å². The third-order valence-electron chi connectivity index (χ3n) is 6.00. The molecule has 1 saturated carbocycles. The number of rotatable bonds is 4. The lowest BCUT2D eigenvalue weighted by Crippen LogP contribution is -2.42. The lowest BCUT2D eigenvalue weighted by Gasteiger charge is -2.35. The normalized spacial score (nSPS) is 27.8. The van der Waals surface area contributed by atoms with E-state index in [0.717, 1.165) is 43.9 Å². The maximum atomic E-state index is 10.6. The third kappa shape index (κ3) is 3.60. The number of pyridine rings is 1. The highest BCUT2D eigenvalue weighted by atomic mass is 35.5. The van der Waals surface area contributed by atoms with Gasteiger partial charge in [-0.2, -0.15) is 5.10 Å². The van der Waals surface area contributed by atoms with Crippen molar-refractivity contribution in [1.82, 2.24) is 19.5 Å². The molecule has 0 spiro atoms. The Balaban J connectivity index is 1.24. The first-order valence-electron chi connectivity index (χ1n) is 9.75. The number of likely N-dealkylation sites (tertiary alicyclic amines) is 1. The Hall–Kier alpha value is -2.15. The zero-order chi connectivity index (χ0) is 19.1. The van der Waals surface area contributed by atoms with Crippen molar-refractivity contribution in [3.63, 3.8) is 0 Å². The van der Waals surface area contributed by atoms with E-state index in [1.165, 1.54) is 5.56 Å². The molecule has 0 unspecified atom stereocenters. The monoisotopic (exact) mass is 398 g/mol. The molecule has 0 radical (unpaired) electrons. The molecular weight excluding hydrogens is 376 g/mol. The van der Waals surface area contributed by atoms with Crippen molar-refractivity contribution in [2.75, 3.05) is 13.1 Å². The first kappa shape index (κ1) is 17.9. The summed E-state index contributed by atoms with van der Waals surface area (Å²) in [5.74, 6) is 1.79. The van der Waals surface area contributed by atoms with Crippen molar-refractivity contribution in [1.29, 1.82) is 0 Å². The summed E-state index contributed by atoms with van der Waals surface area (Å²) in [6, 6.07) is 11.6. The van der Waals surface area contributed by atoms with Gasteiger partial charge in [0.05, 0.1) is 6.10 Å². The molecule has 6 nitrogen and oxygen atoms in total. The fourth-order valence-electron chi connectivity index (χ4n) is 4.67. The maximum absolute atomic E-state index is 10.6. The van der Waals surface area contributed by atoms with E-state index in [1.54, 1.807) is 10.8 Å². The summed E-state index contributed by atoms with van der Waals surface area (Å²) in [5, 5.41) is 15.4. The molecule has 1 aliphatic heterocycles. The summed E-state index contributed by atoms with van der Waals surface area (Å²) in [6.45, 7) is 2.94. The molecule has 0 bridgehead atoms. The topological polar surface area (TPSA) is 62.9 Å². The van der Waals surface area contributed by atoms with Gasteiger partial charge in [-0.25, -0.2) is 9.50 Å². The molecule has 2 aromatic heterocycles. The summed E-state index contributed by atoms with van der Waals surface area (Å²) >= 11 is 6.05. The van der Waals surface area contributed by atoms with E-state index in [-0.39, 0.29) is 6.10 Å². The van der Waals surface area contributed by atoms with Gasteiger partial charge in [-0.05, 0) is 60.6 Å². The molecule has 3 aromatic rings. The molecule has 2 fully saturated rings. The minimum absolute atomic E-state index is 0.174. The Kier molecular flexibility index (Phi) is 4.70. The number of ether oxygens (including phenoxy) is 1. The molecule has 7 heteroatoms. The van der Waals surface area contributed by atoms with E-state index < -0.39 is 6.10 Å². The summed E-state index contributed by atoms with van der Waals surface area (Å²) in [5.41, 5.74) is 2.12. The van der Waals surface area contributed by atoms with E-state index in [1.807, 2.05) is 30.5 Å². The predicted octanol–water partition coefficient (Wildman–Crippen LogP) is 3.03. The van der Waals surface area contributed by atoms with Gasteiger partial charge >= 0.3 is 0 Å². The van der Waals surface area contributed by atoms with Crippen LogP contribution in [0.15, 0.2) is 48.9 Å².